The maximum absolute atomic E-state index is 11.6. The molecule has 0 heterocycles. The lowest BCUT2D eigenvalue weighted by Crippen LogP contribution is -2.23. The van der Waals surface area contributed by atoms with Gasteiger partial charge < -0.3 is 19.5 Å². The first-order valence-electron chi connectivity index (χ1n) is 5.14. The Morgan fingerprint density at radius 1 is 0.944 bits per heavy atom. The Morgan fingerprint density at radius 3 is 2.06 bits per heavy atom. The average molecular weight is 271 g/mol. The fourth-order valence-corrected chi connectivity index (χ4v) is 0.839. The number of rotatable bonds is 11. The van der Waals surface area contributed by atoms with E-state index in [4.69, 9.17) is 9.47 Å². The lowest BCUT2D eigenvalue weighted by Gasteiger charge is -2.05. The number of halogens is 2. The molecule has 0 unspecified atom stereocenters. The Bertz CT molecular complexity index is 241. The molecule has 7 nitrogen and oxygen atoms in total. The summed E-state index contributed by atoms with van der Waals surface area (Å²) in [6, 6.07) is 0. The zero-order chi connectivity index (χ0) is 13.6. The van der Waals surface area contributed by atoms with Gasteiger partial charge in [-0.25, -0.2) is 9.59 Å². The zero-order valence-electron chi connectivity index (χ0n) is 9.66. The molecule has 0 aliphatic carbocycles. The molecule has 0 aromatic carbocycles. The molecule has 0 aliphatic heterocycles. The van der Waals surface area contributed by atoms with Gasteiger partial charge in [0.2, 0.25) is 0 Å². The molecule has 0 spiro atoms. The maximum Gasteiger partial charge on any atom is 0.397 e. The summed E-state index contributed by atoms with van der Waals surface area (Å²) in [5.74, 6) is -1.10. The minimum atomic E-state index is -1.60. The quantitative estimate of drug-likeness (QED) is 0.327. The normalized spacial score (nSPS) is 10.1. The Balaban J connectivity index is 3.03. The van der Waals surface area contributed by atoms with E-state index in [-0.39, 0.29) is 39.6 Å². The molecule has 0 bridgehead atoms. The summed E-state index contributed by atoms with van der Waals surface area (Å²) in [5.41, 5.74) is 0. The second-order valence-corrected chi connectivity index (χ2v) is 2.93. The highest BCUT2D eigenvalue weighted by Gasteiger charge is 2.01. The van der Waals surface area contributed by atoms with Crippen molar-refractivity contribution in [1.29, 1.82) is 0 Å². The van der Waals surface area contributed by atoms with Crippen LogP contribution in [-0.2, 0) is 23.9 Å². The molecule has 1 amide bonds. The first kappa shape index (κ1) is 16.7. The SMILES string of the molecule is O=C(F)NCCOCCOCCOCC(=O)OF. The van der Waals surface area contributed by atoms with Gasteiger partial charge in [0.1, 0.15) is 6.61 Å². The average Bonchev–Trinajstić information content (AvgIpc) is 2.35. The number of carbonyl (C=O) groups is 2. The molecule has 0 aromatic rings. The number of nitrogens with one attached hydrogen (secondary N) is 1. The first-order chi connectivity index (χ1) is 8.66. The van der Waals surface area contributed by atoms with Gasteiger partial charge in [0.15, 0.2) is 0 Å². The standard InChI is InChI=1S/C9H15F2NO6/c10-9(14)12-1-2-15-3-4-16-5-6-17-7-8(13)18-11/h1-7H2,(H,12,14). The summed E-state index contributed by atoms with van der Waals surface area (Å²) in [6.07, 6.45) is -1.60. The van der Waals surface area contributed by atoms with E-state index in [1.165, 1.54) is 0 Å². The predicted molar refractivity (Wildman–Crippen MR) is 54.2 cm³/mol. The molecule has 1 N–H and O–H groups in total. The highest BCUT2D eigenvalue weighted by molar-refractivity contribution is 5.69. The molecular weight excluding hydrogens is 256 g/mol. The van der Waals surface area contributed by atoms with Crippen LogP contribution in [0, 0.1) is 0 Å². The zero-order valence-corrected chi connectivity index (χ0v) is 9.66. The topological polar surface area (TPSA) is 83.1 Å². The van der Waals surface area contributed by atoms with Crippen molar-refractivity contribution >= 4 is 12.1 Å². The number of amides is 1. The van der Waals surface area contributed by atoms with E-state index in [9.17, 15) is 18.5 Å². The maximum atomic E-state index is 11.6. The van der Waals surface area contributed by atoms with Crippen LogP contribution in [0.2, 0.25) is 0 Å². The first-order valence-corrected chi connectivity index (χ1v) is 5.14. The largest absolute Gasteiger partial charge is 0.397 e. The van der Waals surface area contributed by atoms with Crippen LogP contribution < -0.4 is 5.32 Å². The summed E-state index contributed by atoms with van der Waals surface area (Å²) < 4.78 is 37.5. The Labute approximate surface area is 102 Å². The van der Waals surface area contributed by atoms with Crippen LogP contribution in [0.5, 0.6) is 0 Å². The van der Waals surface area contributed by atoms with E-state index in [1.54, 1.807) is 0 Å². The molecule has 0 atom stereocenters. The van der Waals surface area contributed by atoms with E-state index < -0.39 is 18.7 Å². The van der Waals surface area contributed by atoms with Crippen molar-refractivity contribution in [3.05, 3.63) is 0 Å². The van der Waals surface area contributed by atoms with Crippen LogP contribution in [0.1, 0.15) is 0 Å². The number of carbonyl (C=O) groups excluding carboxylic acids is 2. The van der Waals surface area contributed by atoms with Gasteiger partial charge in [-0.1, -0.05) is 0 Å². The smallest absolute Gasteiger partial charge is 0.377 e. The lowest BCUT2D eigenvalue weighted by atomic mass is 10.6. The third-order valence-corrected chi connectivity index (χ3v) is 1.56. The van der Waals surface area contributed by atoms with Gasteiger partial charge in [0, 0.05) is 11.1 Å². The summed E-state index contributed by atoms with van der Waals surface area (Å²) in [6.45, 7) is 0.674. The van der Waals surface area contributed by atoms with Gasteiger partial charge in [-0.05, 0) is 0 Å². The molecule has 0 fully saturated rings. The monoisotopic (exact) mass is 271 g/mol. The molecule has 0 rings (SSSR count). The Morgan fingerprint density at radius 2 is 1.50 bits per heavy atom. The molecule has 9 heteroatoms. The highest BCUT2D eigenvalue weighted by atomic mass is 19.3. The second-order valence-electron chi connectivity index (χ2n) is 2.93. The van der Waals surface area contributed by atoms with Crippen LogP contribution in [-0.4, -0.2) is 58.3 Å². The second kappa shape index (κ2) is 12.1. The van der Waals surface area contributed by atoms with Crippen LogP contribution in [0.15, 0.2) is 0 Å². The molecular formula is C9H15F2NO6. The summed E-state index contributed by atoms with van der Waals surface area (Å²) in [5, 5.41) is 1.91. The van der Waals surface area contributed by atoms with Gasteiger partial charge >= 0.3 is 12.1 Å². The number of ether oxygens (including phenoxy) is 3. The van der Waals surface area contributed by atoms with Crippen LogP contribution >= 0.6 is 0 Å². The molecule has 0 saturated carbocycles. The Kier molecular flexibility index (Phi) is 11.3. The number of hydrogen-bond donors (Lipinski definition) is 1. The molecule has 0 radical (unpaired) electrons. The van der Waals surface area contributed by atoms with Crippen molar-refractivity contribution in [1.82, 2.24) is 5.32 Å². The Hall–Kier alpha value is -1.32. The third-order valence-electron chi connectivity index (χ3n) is 1.56. The van der Waals surface area contributed by atoms with Crippen molar-refractivity contribution in [2.45, 2.75) is 0 Å². The lowest BCUT2D eigenvalue weighted by molar-refractivity contribution is -0.189. The van der Waals surface area contributed by atoms with Crippen molar-refractivity contribution in [2.75, 3.05) is 46.2 Å². The minimum Gasteiger partial charge on any atom is -0.377 e. The molecule has 18 heavy (non-hydrogen) atoms. The summed E-state index contributed by atoms with van der Waals surface area (Å²) >= 11 is 0. The van der Waals surface area contributed by atoms with Crippen molar-refractivity contribution < 1.29 is 37.7 Å². The van der Waals surface area contributed by atoms with Gasteiger partial charge in [-0.3, -0.25) is 4.94 Å². The summed E-state index contributed by atoms with van der Waals surface area (Å²) in [7, 11) is 0. The van der Waals surface area contributed by atoms with Crippen LogP contribution in [0.4, 0.5) is 13.7 Å². The molecule has 0 aliphatic rings. The van der Waals surface area contributed by atoms with Gasteiger partial charge in [0.05, 0.1) is 33.0 Å². The van der Waals surface area contributed by atoms with E-state index >= 15 is 0 Å². The summed E-state index contributed by atoms with van der Waals surface area (Å²) in [4.78, 5) is 22.9. The van der Waals surface area contributed by atoms with Crippen molar-refractivity contribution in [3.63, 3.8) is 0 Å². The van der Waals surface area contributed by atoms with Crippen LogP contribution in [0.3, 0.4) is 0 Å². The van der Waals surface area contributed by atoms with Crippen molar-refractivity contribution in [2.24, 2.45) is 0 Å². The number of hydrogen-bond acceptors (Lipinski definition) is 6. The third kappa shape index (κ3) is 12.7. The minimum absolute atomic E-state index is 0.0871. The van der Waals surface area contributed by atoms with E-state index in [2.05, 4.69) is 9.68 Å². The fourth-order valence-electron chi connectivity index (χ4n) is 0.839. The molecule has 0 aromatic heterocycles. The van der Waals surface area contributed by atoms with Gasteiger partial charge in [-0.15, -0.1) is 4.39 Å². The molecule has 106 valence electrons. The van der Waals surface area contributed by atoms with Gasteiger partial charge in [-0.2, -0.15) is 0 Å². The predicted octanol–water partition coefficient (Wildman–Crippen LogP) is 0.143. The van der Waals surface area contributed by atoms with E-state index in [1.807, 2.05) is 5.32 Å². The van der Waals surface area contributed by atoms with E-state index in [0.717, 1.165) is 0 Å². The van der Waals surface area contributed by atoms with Crippen molar-refractivity contribution in [3.8, 4) is 0 Å². The molecule has 0 saturated heterocycles. The fraction of sp³-hybridized carbons (Fsp3) is 0.778. The van der Waals surface area contributed by atoms with Crippen LogP contribution in [0.25, 0.3) is 0 Å². The van der Waals surface area contributed by atoms with E-state index in [0.29, 0.717) is 0 Å². The van der Waals surface area contributed by atoms with Gasteiger partial charge in [0.25, 0.3) is 0 Å². The highest BCUT2D eigenvalue weighted by Crippen LogP contribution is 1.84.